The molecule has 2 N–H and O–H groups in total. The Morgan fingerprint density at radius 2 is 2.32 bits per heavy atom. The summed E-state index contributed by atoms with van der Waals surface area (Å²) in [6.07, 6.45) is 2.46. The van der Waals surface area contributed by atoms with E-state index in [1.807, 2.05) is 18.2 Å². The predicted molar refractivity (Wildman–Crippen MR) is 79.9 cm³/mol. The van der Waals surface area contributed by atoms with Crippen molar-refractivity contribution in [3.05, 3.63) is 24.3 Å². The minimum atomic E-state index is 0.169. The summed E-state index contributed by atoms with van der Waals surface area (Å²) in [5, 5.41) is 13.8. The SMILES string of the molecule is OCCN(CC1CCCN1)c1nc2ccccc2s1. The number of anilines is 1. The molecule has 0 bridgehead atoms. The summed E-state index contributed by atoms with van der Waals surface area (Å²) in [6, 6.07) is 8.72. The van der Waals surface area contributed by atoms with Crippen LogP contribution < -0.4 is 10.2 Å². The first-order valence-electron chi connectivity index (χ1n) is 6.81. The molecule has 1 aromatic carbocycles. The van der Waals surface area contributed by atoms with Gasteiger partial charge >= 0.3 is 0 Å². The second-order valence-corrected chi connectivity index (χ2v) is 5.94. The molecule has 0 amide bonds. The van der Waals surface area contributed by atoms with E-state index < -0.39 is 0 Å². The molecule has 2 heterocycles. The highest BCUT2D eigenvalue weighted by Crippen LogP contribution is 2.28. The summed E-state index contributed by atoms with van der Waals surface area (Å²) in [7, 11) is 0. The molecule has 5 heteroatoms. The third kappa shape index (κ3) is 2.88. The van der Waals surface area contributed by atoms with Crippen molar-refractivity contribution < 1.29 is 5.11 Å². The Morgan fingerprint density at radius 3 is 3.05 bits per heavy atom. The number of benzene rings is 1. The molecule has 0 radical (unpaired) electrons. The molecular formula is C14H19N3OS. The van der Waals surface area contributed by atoms with Crippen molar-refractivity contribution in [1.82, 2.24) is 10.3 Å². The number of nitrogens with zero attached hydrogens (tertiary/aromatic N) is 2. The largest absolute Gasteiger partial charge is 0.395 e. The van der Waals surface area contributed by atoms with Crippen LogP contribution in [0.25, 0.3) is 10.2 Å². The number of thiazole rings is 1. The number of rotatable bonds is 5. The molecule has 1 unspecified atom stereocenters. The standard InChI is InChI=1S/C14H19N3OS/c18-9-8-17(10-11-4-3-7-15-11)14-16-12-5-1-2-6-13(12)19-14/h1-2,5-6,11,15,18H,3-4,7-10H2. The van der Waals surface area contributed by atoms with Gasteiger partial charge in [0, 0.05) is 19.1 Å². The molecule has 19 heavy (non-hydrogen) atoms. The number of aromatic nitrogens is 1. The quantitative estimate of drug-likeness (QED) is 0.875. The smallest absolute Gasteiger partial charge is 0.186 e. The van der Waals surface area contributed by atoms with E-state index in [1.165, 1.54) is 17.5 Å². The zero-order chi connectivity index (χ0) is 13.1. The average molecular weight is 277 g/mol. The van der Waals surface area contributed by atoms with Crippen molar-refractivity contribution in [2.75, 3.05) is 31.1 Å². The van der Waals surface area contributed by atoms with Crippen LogP contribution in [-0.2, 0) is 0 Å². The van der Waals surface area contributed by atoms with Gasteiger partial charge in [0.05, 0.1) is 16.8 Å². The molecule has 3 rings (SSSR count). The molecule has 4 nitrogen and oxygen atoms in total. The molecule has 102 valence electrons. The number of aliphatic hydroxyl groups is 1. The van der Waals surface area contributed by atoms with Gasteiger partial charge in [-0.1, -0.05) is 23.5 Å². The van der Waals surface area contributed by atoms with Gasteiger partial charge in [0.15, 0.2) is 5.13 Å². The van der Waals surface area contributed by atoms with E-state index >= 15 is 0 Å². The predicted octanol–water partition coefficient (Wildman–Crippen LogP) is 1.85. The Hall–Kier alpha value is -1.17. The molecule has 0 spiro atoms. The topological polar surface area (TPSA) is 48.4 Å². The van der Waals surface area contributed by atoms with Gasteiger partial charge < -0.3 is 15.3 Å². The van der Waals surface area contributed by atoms with Gasteiger partial charge in [-0.2, -0.15) is 0 Å². The number of nitrogens with one attached hydrogen (secondary N) is 1. The average Bonchev–Trinajstić information content (AvgIpc) is 3.06. The minimum Gasteiger partial charge on any atom is -0.395 e. The summed E-state index contributed by atoms with van der Waals surface area (Å²) in [5.74, 6) is 0. The van der Waals surface area contributed by atoms with Crippen LogP contribution in [0, 0.1) is 0 Å². The van der Waals surface area contributed by atoms with E-state index in [-0.39, 0.29) is 6.61 Å². The molecule has 1 saturated heterocycles. The lowest BCUT2D eigenvalue weighted by atomic mass is 10.2. The molecule has 1 fully saturated rings. The molecule has 0 aliphatic carbocycles. The number of fused-ring (bicyclic) bond motifs is 1. The van der Waals surface area contributed by atoms with Crippen molar-refractivity contribution in [3.63, 3.8) is 0 Å². The number of hydrogen-bond acceptors (Lipinski definition) is 5. The first kappa shape index (κ1) is 12.8. The van der Waals surface area contributed by atoms with E-state index in [0.29, 0.717) is 12.6 Å². The fraction of sp³-hybridized carbons (Fsp3) is 0.500. The lowest BCUT2D eigenvalue weighted by Gasteiger charge is -2.24. The van der Waals surface area contributed by atoms with Crippen LogP contribution in [0.4, 0.5) is 5.13 Å². The molecule has 1 aliphatic rings. The van der Waals surface area contributed by atoms with E-state index in [0.717, 1.165) is 23.7 Å². The lowest BCUT2D eigenvalue weighted by Crippen LogP contribution is -2.39. The summed E-state index contributed by atoms with van der Waals surface area (Å²) in [4.78, 5) is 6.88. The summed E-state index contributed by atoms with van der Waals surface area (Å²) in [5.41, 5.74) is 1.05. The molecule has 0 saturated carbocycles. The van der Waals surface area contributed by atoms with Crippen molar-refractivity contribution in [3.8, 4) is 0 Å². The second-order valence-electron chi connectivity index (χ2n) is 4.93. The molecular weight excluding hydrogens is 258 g/mol. The monoisotopic (exact) mass is 277 g/mol. The van der Waals surface area contributed by atoms with Gasteiger partial charge in [-0.3, -0.25) is 0 Å². The Morgan fingerprint density at radius 1 is 1.42 bits per heavy atom. The van der Waals surface area contributed by atoms with Crippen LogP contribution in [-0.4, -0.2) is 42.4 Å². The van der Waals surface area contributed by atoms with Crippen LogP contribution in [0.1, 0.15) is 12.8 Å². The highest BCUT2D eigenvalue weighted by atomic mass is 32.1. The van der Waals surface area contributed by atoms with Crippen LogP contribution in [0.15, 0.2) is 24.3 Å². The van der Waals surface area contributed by atoms with Gasteiger partial charge in [0.25, 0.3) is 0 Å². The molecule has 2 aromatic rings. The Balaban J connectivity index is 1.81. The Bertz CT molecular complexity index is 503. The van der Waals surface area contributed by atoms with Crippen molar-refractivity contribution in [2.45, 2.75) is 18.9 Å². The van der Waals surface area contributed by atoms with Crippen LogP contribution in [0.5, 0.6) is 0 Å². The molecule has 1 aromatic heterocycles. The first-order chi connectivity index (χ1) is 9.36. The van der Waals surface area contributed by atoms with Gasteiger partial charge in [-0.25, -0.2) is 4.98 Å². The highest BCUT2D eigenvalue weighted by Gasteiger charge is 2.20. The number of aliphatic hydroxyl groups excluding tert-OH is 1. The third-order valence-corrected chi connectivity index (χ3v) is 4.62. The maximum atomic E-state index is 9.26. The van der Waals surface area contributed by atoms with Crippen LogP contribution in [0.2, 0.25) is 0 Å². The Labute approximate surface area is 117 Å². The third-order valence-electron chi connectivity index (χ3n) is 3.53. The van der Waals surface area contributed by atoms with Gasteiger partial charge in [-0.05, 0) is 31.5 Å². The van der Waals surface area contributed by atoms with Gasteiger partial charge in [0.1, 0.15) is 0 Å². The zero-order valence-electron chi connectivity index (χ0n) is 10.9. The van der Waals surface area contributed by atoms with E-state index in [2.05, 4.69) is 21.3 Å². The van der Waals surface area contributed by atoms with Gasteiger partial charge in [0.2, 0.25) is 0 Å². The van der Waals surface area contributed by atoms with E-state index in [1.54, 1.807) is 11.3 Å². The summed E-state index contributed by atoms with van der Waals surface area (Å²) < 4.78 is 1.21. The minimum absolute atomic E-state index is 0.169. The summed E-state index contributed by atoms with van der Waals surface area (Å²) >= 11 is 1.70. The Kier molecular flexibility index (Phi) is 3.96. The highest BCUT2D eigenvalue weighted by molar-refractivity contribution is 7.22. The van der Waals surface area contributed by atoms with E-state index in [9.17, 15) is 5.11 Å². The summed E-state index contributed by atoms with van der Waals surface area (Å²) in [6.45, 7) is 2.86. The van der Waals surface area contributed by atoms with Crippen molar-refractivity contribution >= 4 is 26.7 Å². The second kappa shape index (κ2) is 5.86. The van der Waals surface area contributed by atoms with Crippen molar-refractivity contribution in [1.29, 1.82) is 0 Å². The fourth-order valence-corrected chi connectivity index (χ4v) is 3.56. The van der Waals surface area contributed by atoms with Gasteiger partial charge in [-0.15, -0.1) is 0 Å². The molecule has 1 atom stereocenters. The zero-order valence-corrected chi connectivity index (χ0v) is 11.7. The molecule has 1 aliphatic heterocycles. The van der Waals surface area contributed by atoms with Crippen LogP contribution in [0.3, 0.4) is 0 Å². The maximum Gasteiger partial charge on any atom is 0.186 e. The number of para-hydroxylation sites is 1. The van der Waals surface area contributed by atoms with Crippen molar-refractivity contribution in [2.24, 2.45) is 0 Å². The van der Waals surface area contributed by atoms with Crippen LogP contribution >= 0.6 is 11.3 Å². The lowest BCUT2D eigenvalue weighted by molar-refractivity contribution is 0.300. The number of hydrogen-bond donors (Lipinski definition) is 2. The fourth-order valence-electron chi connectivity index (χ4n) is 2.56. The normalized spacial score (nSPS) is 19.1. The van der Waals surface area contributed by atoms with E-state index in [4.69, 9.17) is 0 Å². The first-order valence-corrected chi connectivity index (χ1v) is 7.63. The maximum absolute atomic E-state index is 9.26.